The monoisotopic (exact) mass is 246 g/mol. The first kappa shape index (κ1) is 13.6. The molecule has 1 aromatic rings. The predicted molar refractivity (Wildman–Crippen MR) is 77.8 cm³/mol. The highest BCUT2D eigenvalue weighted by Gasteiger charge is 2.18. The SMILES string of the molecule is CCCCCN(C)CC1Cc2ccccc2CN1. The van der Waals surface area contributed by atoms with Crippen LogP contribution in [0.4, 0.5) is 0 Å². The van der Waals surface area contributed by atoms with E-state index in [1.807, 2.05) is 0 Å². The Morgan fingerprint density at radius 2 is 2.00 bits per heavy atom. The Bertz CT molecular complexity index is 362. The fraction of sp³-hybridized carbons (Fsp3) is 0.625. The summed E-state index contributed by atoms with van der Waals surface area (Å²) in [6.45, 7) is 5.69. The van der Waals surface area contributed by atoms with Gasteiger partial charge in [-0.15, -0.1) is 0 Å². The molecule has 0 aliphatic carbocycles. The number of rotatable bonds is 6. The molecule has 0 saturated heterocycles. The first-order valence-corrected chi connectivity index (χ1v) is 7.28. The van der Waals surface area contributed by atoms with E-state index in [-0.39, 0.29) is 0 Å². The molecule has 2 heteroatoms. The van der Waals surface area contributed by atoms with Gasteiger partial charge in [-0.1, -0.05) is 44.0 Å². The van der Waals surface area contributed by atoms with Gasteiger partial charge in [0, 0.05) is 19.1 Å². The van der Waals surface area contributed by atoms with Gasteiger partial charge >= 0.3 is 0 Å². The standard InChI is InChI=1S/C16H26N2/c1-3-4-7-10-18(2)13-16-11-14-8-5-6-9-15(14)12-17-16/h5-6,8-9,16-17H,3-4,7,10-13H2,1-2H3. The summed E-state index contributed by atoms with van der Waals surface area (Å²) in [7, 11) is 2.25. The summed E-state index contributed by atoms with van der Waals surface area (Å²) in [6, 6.07) is 9.43. The highest BCUT2D eigenvalue weighted by Crippen LogP contribution is 2.16. The molecule has 1 heterocycles. The van der Waals surface area contributed by atoms with Gasteiger partial charge in [0.2, 0.25) is 0 Å². The molecule has 1 atom stereocenters. The smallest absolute Gasteiger partial charge is 0.0238 e. The molecule has 0 bridgehead atoms. The molecule has 2 rings (SSSR count). The summed E-state index contributed by atoms with van der Waals surface area (Å²) < 4.78 is 0. The molecule has 1 aromatic carbocycles. The van der Waals surface area contributed by atoms with Gasteiger partial charge in [-0.2, -0.15) is 0 Å². The van der Waals surface area contributed by atoms with Crippen molar-refractivity contribution in [2.24, 2.45) is 0 Å². The van der Waals surface area contributed by atoms with Crippen LogP contribution in [-0.2, 0) is 13.0 Å². The zero-order chi connectivity index (χ0) is 12.8. The molecule has 0 radical (unpaired) electrons. The second-order valence-electron chi connectivity index (χ2n) is 5.52. The Kier molecular flexibility index (Phi) is 5.21. The fourth-order valence-corrected chi connectivity index (χ4v) is 2.75. The van der Waals surface area contributed by atoms with Crippen LogP contribution in [0.15, 0.2) is 24.3 Å². The van der Waals surface area contributed by atoms with Gasteiger partial charge in [0.05, 0.1) is 0 Å². The molecule has 100 valence electrons. The largest absolute Gasteiger partial charge is 0.308 e. The third kappa shape index (κ3) is 3.82. The molecular weight excluding hydrogens is 220 g/mol. The van der Waals surface area contributed by atoms with Crippen molar-refractivity contribution in [3.8, 4) is 0 Å². The minimum atomic E-state index is 0.617. The molecule has 1 N–H and O–H groups in total. The molecule has 1 aliphatic rings. The van der Waals surface area contributed by atoms with Crippen LogP contribution in [-0.4, -0.2) is 31.1 Å². The molecule has 0 aromatic heterocycles. The Hall–Kier alpha value is -0.860. The Labute approximate surface area is 111 Å². The van der Waals surface area contributed by atoms with Crippen molar-refractivity contribution >= 4 is 0 Å². The van der Waals surface area contributed by atoms with E-state index >= 15 is 0 Å². The van der Waals surface area contributed by atoms with Crippen molar-refractivity contribution < 1.29 is 0 Å². The summed E-state index contributed by atoms with van der Waals surface area (Å²) in [4.78, 5) is 2.47. The first-order chi connectivity index (χ1) is 8.79. The lowest BCUT2D eigenvalue weighted by Crippen LogP contribution is -2.43. The zero-order valence-electron chi connectivity index (χ0n) is 11.8. The summed E-state index contributed by atoms with van der Waals surface area (Å²) in [5.41, 5.74) is 3.01. The van der Waals surface area contributed by atoms with E-state index in [9.17, 15) is 0 Å². The fourth-order valence-electron chi connectivity index (χ4n) is 2.75. The Balaban J connectivity index is 1.79. The van der Waals surface area contributed by atoms with Gasteiger partial charge < -0.3 is 10.2 Å². The van der Waals surface area contributed by atoms with Crippen LogP contribution < -0.4 is 5.32 Å². The van der Waals surface area contributed by atoms with Crippen LogP contribution in [0.5, 0.6) is 0 Å². The Morgan fingerprint density at radius 1 is 1.22 bits per heavy atom. The van der Waals surface area contributed by atoms with Crippen LogP contribution in [0.25, 0.3) is 0 Å². The molecule has 0 saturated carbocycles. The summed E-state index contributed by atoms with van der Waals surface area (Å²) in [5.74, 6) is 0. The second-order valence-corrected chi connectivity index (χ2v) is 5.52. The third-order valence-corrected chi connectivity index (χ3v) is 3.84. The Morgan fingerprint density at radius 3 is 2.78 bits per heavy atom. The lowest BCUT2D eigenvalue weighted by molar-refractivity contribution is 0.275. The average molecular weight is 246 g/mol. The van der Waals surface area contributed by atoms with E-state index < -0.39 is 0 Å². The van der Waals surface area contributed by atoms with Gasteiger partial charge in [-0.25, -0.2) is 0 Å². The first-order valence-electron chi connectivity index (χ1n) is 7.28. The number of benzene rings is 1. The van der Waals surface area contributed by atoms with Crippen molar-refractivity contribution in [1.29, 1.82) is 0 Å². The second kappa shape index (κ2) is 6.91. The van der Waals surface area contributed by atoms with Gasteiger partial charge in [-0.05, 0) is 37.6 Å². The van der Waals surface area contributed by atoms with Crippen molar-refractivity contribution in [2.75, 3.05) is 20.1 Å². The van der Waals surface area contributed by atoms with Crippen LogP contribution >= 0.6 is 0 Å². The number of hydrogen-bond acceptors (Lipinski definition) is 2. The lowest BCUT2D eigenvalue weighted by Gasteiger charge is -2.29. The van der Waals surface area contributed by atoms with E-state index in [2.05, 4.69) is 48.5 Å². The van der Waals surface area contributed by atoms with Gasteiger partial charge in [0.25, 0.3) is 0 Å². The highest BCUT2D eigenvalue weighted by atomic mass is 15.1. The van der Waals surface area contributed by atoms with Crippen molar-refractivity contribution in [1.82, 2.24) is 10.2 Å². The lowest BCUT2D eigenvalue weighted by atomic mass is 9.95. The number of fused-ring (bicyclic) bond motifs is 1. The van der Waals surface area contributed by atoms with Crippen LogP contribution in [0, 0.1) is 0 Å². The van der Waals surface area contributed by atoms with E-state index in [1.54, 1.807) is 0 Å². The molecule has 2 nitrogen and oxygen atoms in total. The van der Waals surface area contributed by atoms with Gasteiger partial charge in [-0.3, -0.25) is 0 Å². The number of nitrogens with one attached hydrogen (secondary N) is 1. The third-order valence-electron chi connectivity index (χ3n) is 3.84. The van der Waals surface area contributed by atoms with Crippen LogP contribution in [0.3, 0.4) is 0 Å². The van der Waals surface area contributed by atoms with Crippen molar-refractivity contribution in [3.05, 3.63) is 35.4 Å². The van der Waals surface area contributed by atoms with E-state index in [1.165, 1.54) is 43.4 Å². The minimum Gasteiger partial charge on any atom is -0.308 e. The van der Waals surface area contributed by atoms with E-state index in [4.69, 9.17) is 0 Å². The van der Waals surface area contributed by atoms with Crippen LogP contribution in [0.1, 0.15) is 37.3 Å². The average Bonchev–Trinajstić information content (AvgIpc) is 2.39. The van der Waals surface area contributed by atoms with E-state index in [0.717, 1.165) is 13.1 Å². The maximum Gasteiger partial charge on any atom is 0.0238 e. The number of hydrogen-bond donors (Lipinski definition) is 1. The normalized spacial score (nSPS) is 18.9. The maximum absolute atomic E-state index is 3.65. The number of nitrogens with zero attached hydrogens (tertiary/aromatic N) is 1. The van der Waals surface area contributed by atoms with Crippen LogP contribution in [0.2, 0.25) is 0 Å². The highest BCUT2D eigenvalue weighted by molar-refractivity contribution is 5.29. The quantitative estimate of drug-likeness (QED) is 0.777. The van der Waals surface area contributed by atoms with Gasteiger partial charge in [0.1, 0.15) is 0 Å². The molecule has 18 heavy (non-hydrogen) atoms. The minimum absolute atomic E-state index is 0.617. The topological polar surface area (TPSA) is 15.3 Å². The predicted octanol–water partition coefficient (Wildman–Crippen LogP) is 2.82. The van der Waals surface area contributed by atoms with E-state index in [0.29, 0.717) is 6.04 Å². The molecule has 0 spiro atoms. The summed E-state index contributed by atoms with van der Waals surface area (Å²) in [5, 5.41) is 3.65. The molecular formula is C16H26N2. The molecule has 0 fully saturated rings. The number of likely N-dealkylation sites (N-methyl/N-ethyl adjacent to an activating group) is 1. The van der Waals surface area contributed by atoms with Crippen molar-refractivity contribution in [2.45, 2.75) is 45.2 Å². The zero-order valence-corrected chi connectivity index (χ0v) is 11.8. The molecule has 1 unspecified atom stereocenters. The molecule has 1 aliphatic heterocycles. The summed E-state index contributed by atoms with van der Waals surface area (Å²) >= 11 is 0. The molecule has 0 amide bonds. The summed E-state index contributed by atoms with van der Waals surface area (Å²) in [6.07, 6.45) is 5.17. The van der Waals surface area contributed by atoms with Gasteiger partial charge in [0.15, 0.2) is 0 Å². The van der Waals surface area contributed by atoms with Crippen molar-refractivity contribution in [3.63, 3.8) is 0 Å². The number of unbranched alkanes of at least 4 members (excludes halogenated alkanes) is 2. The maximum atomic E-state index is 3.65.